The summed E-state index contributed by atoms with van der Waals surface area (Å²) in [6.07, 6.45) is 0. The molecule has 3 rings (SSSR count). The van der Waals surface area contributed by atoms with E-state index in [9.17, 15) is 14.0 Å². The Hall–Kier alpha value is -2.77. The highest BCUT2D eigenvalue weighted by molar-refractivity contribution is 8.00. The molecule has 5 nitrogen and oxygen atoms in total. The van der Waals surface area contributed by atoms with Crippen molar-refractivity contribution in [1.82, 2.24) is 10.9 Å². The van der Waals surface area contributed by atoms with Gasteiger partial charge in [-0.15, -0.1) is 11.8 Å². The van der Waals surface area contributed by atoms with Crippen LogP contribution in [0.25, 0.3) is 10.8 Å². The van der Waals surface area contributed by atoms with Crippen molar-refractivity contribution in [3.63, 3.8) is 0 Å². The number of carbonyl (C=O) groups is 2. The Labute approximate surface area is 170 Å². The van der Waals surface area contributed by atoms with E-state index in [2.05, 4.69) is 10.9 Å². The molecule has 0 atom stereocenters. The zero-order chi connectivity index (χ0) is 19.9. The van der Waals surface area contributed by atoms with Crippen molar-refractivity contribution in [2.24, 2.45) is 0 Å². The lowest BCUT2D eigenvalue weighted by atomic mass is 10.1. The van der Waals surface area contributed by atoms with Crippen molar-refractivity contribution < 1.29 is 18.7 Å². The summed E-state index contributed by atoms with van der Waals surface area (Å²) in [5.74, 6) is -1.52. The number of thioether (sulfide) groups is 1. The molecule has 28 heavy (non-hydrogen) atoms. The van der Waals surface area contributed by atoms with E-state index in [0.717, 1.165) is 15.7 Å². The van der Waals surface area contributed by atoms with Crippen LogP contribution >= 0.6 is 23.4 Å². The molecule has 144 valence electrons. The van der Waals surface area contributed by atoms with Crippen molar-refractivity contribution in [3.8, 4) is 5.75 Å². The maximum Gasteiger partial charge on any atom is 0.276 e. The summed E-state index contributed by atoms with van der Waals surface area (Å²) in [7, 11) is 0. The highest BCUT2D eigenvalue weighted by Gasteiger charge is 2.10. The molecule has 0 heterocycles. The fourth-order valence-electron chi connectivity index (χ4n) is 2.44. The number of benzene rings is 3. The third-order valence-corrected chi connectivity index (χ3v) is 5.08. The van der Waals surface area contributed by atoms with Gasteiger partial charge >= 0.3 is 0 Å². The first-order valence-corrected chi connectivity index (χ1v) is 9.66. The van der Waals surface area contributed by atoms with Crippen LogP contribution in [0.5, 0.6) is 5.75 Å². The van der Waals surface area contributed by atoms with Gasteiger partial charge in [-0.3, -0.25) is 20.4 Å². The van der Waals surface area contributed by atoms with E-state index in [-0.39, 0.29) is 11.5 Å². The number of amides is 2. The van der Waals surface area contributed by atoms with Gasteiger partial charge in [0.15, 0.2) is 18.2 Å². The fraction of sp³-hybridized carbons (Fsp3) is 0.100. The molecule has 0 spiro atoms. The van der Waals surface area contributed by atoms with Crippen LogP contribution in [0, 0.1) is 5.82 Å². The number of halogens is 2. The molecule has 0 fully saturated rings. The molecule has 8 heteroatoms. The van der Waals surface area contributed by atoms with E-state index < -0.39 is 24.2 Å². The maximum absolute atomic E-state index is 13.4. The topological polar surface area (TPSA) is 67.4 Å². The number of hydrazine groups is 1. The Morgan fingerprint density at radius 3 is 2.46 bits per heavy atom. The van der Waals surface area contributed by atoms with Gasteiger partial charge in [0.25, 0.3) is 5.91 Å². The normalized spacial score (nSPS) is 10.5. The molecule has 0 aromatic heterocycles. The first-order chi connectivity index (χ1) is 13.5. The second kappa shape index (κ2) is 9.43. The molecule has 0 saturated heterocycles. The molecule has 0 radical (unpaired) electrons. The lowest BCUT2D eigenvalue weighted by Crippen LogP contribution is -2.44. The molecule has 0 saturated carbocycles. The van der Waals surface area contributed by atoms with Gasteiger partial charge in [-0.05, 0) is 29.7 Å². The summed E-state index contributed by atoms with van der Waals surface area (Å²) >= 11 is 7.57. The Morgan fingerprint density at radius 2 is 1.68 bits per heavy atom. The molecule has 3 aromatic rings. The van der Waals surface area contributed by atoms with Crippen molar-refractivity contribution >= 4 is 45.9 Å². The highest BCUT2D eigenvalue weighted by atomic mass is 35.5. The quantitative estimate of drug-likeness (QED) is 0.470. The predicted molar refractivity (Wildman–Crippen MR) is 108 cm³/mol. The van der Waals surface area contributed by atoms with Gasteiger partial charge in [0.2, 0.25) is 5.91 Å². The minimum atomic E-state index is -0.602. The molecule has 3 aromatic carbocycles. The molecule has 2 amide bonds. The SMILES string of the molecule is O=C(COc1ccccc1F)NNC(=O)CSc1cccc2cccc(Cl)c12. The number of nitrogens with one attached hydrogen (secondary N) is 2. The van der Waals surface area contributed by atoms with E-state index in [1.54, 1.807) is 12.1 Å². The van der Waals surface area contributed by atoms with Gasteiger partial charge in [0.1, 0.15) is 0 Å². The molecule has 0 unspecified atom stereocenters. The molecule has 0 aliphatic carbocycles. The standard InChI is InChI=1S/C20H16ClFN2O3S/c21-14-7-3-5-13-6-4-10-17(20(13)14)28-12-19(26)24-23-18(25)11-27-16-9-2-1-8-15(16)22/h1-10H,11-12H2,(H,23,25)(H,24,26). The fourth-order valence-corrected chi connectivity index (χ4v) is 3.69. The largest absolute Gasteiger partial charge is 0.481 e. The Morgan fingerprint density at radius 1 is 0.964 bits per heavy atom. The van der Waals surface area contributed by atoms with Crippen LogP contribution in [-0.2, 0) is 9.59 Å². The van der Waals surface area contributed by atoms with Crippen LogP contribution in [0.15, 0.2) is 65.6 Å². The average molecular weight is 419 g/mol. The molecule has 2 N–H and O–H groups in total. The first kappa shape index (κ1) is 20.0. The van der Waals surface area contributed by atoms with Crippen LogP contribution in [-0.4, -0.2) is 24.2 Å². The second-order valence-corrected chi connectivity index (χ2v) is 7.12. The van der Waals surface area contributed by atoms with Gasteiger partial charge in [-0.2, -0.15) is 0 Å². The lowest BCUT2D eigenvalue weighted by molar-refractivity contribution is -0.128. The van der Waals surface area contributed by atoms with Crippen molar-refractivity contribution in [3.05, 3.63) is 71.5 Å². The van der Waals surface area contributed by atoms with E-state index >= 15 is 0 Å². The van der Waals surface area contributed by atoms with Gasteiger partial charge in [0, 0.05) is 15.3 Å². The summed E-state index contributed by atoms with van der Waals surface area (Å²) in [5.41, 5.74) is 4.53. The Bertz CT molecular complexity index is 1010. The number of hydrogen-bond acceptors (Lipinski definition) is 4. The van der Waals surface area contributed by atoms with Gasteiger partial charge in [0.05, 0.1) is 5.75 Å². The summed E-state index contributed by atoms with van der Waals surface area (Å²) < 4.78 is 18.5. The van der Waals surface area contributed by atoms with Crippen molar-refractivity contribution in [2.45, 2.75) is 4.90 Å². The van der Waals surface area contributed by atoms with Gasteiger partial charge in [-0.1, -0.05) is 48.0 Å². The first-order valence-electron chi connectivity index (χ1n) is 8.29. The Kier molecular flexibility index (Phi) is 6.73. The monoisotopic (exact) mass is 418 g/mol. The van der Waals surface area contributed by atoms with Gasteiger partial charge in [-0.25, -0.2) is 4.39 Å². The molecular formula is C20H16ClFN2O3S. The van der Waals surface area contributed by atoms with Crippen LogP contribution in [0.3, 0.4) is 0 Å². The van der Waals surface area contributed by atoms with Gasteiger partial charge < -0.3 is 4.74 Å². The lowest BCUT2D eigenvalue weighted by Gasteiger charge is -2.10. The smallest absolute Gasteiger partial charge is 0.276 e. The number of hydrogen-bond donors (Lipinski definition) is 2. The summed E-state index contributed by atoms with van der Waals surface area (Å²) in [6, 6.07) is 17.1. The number of fused-ring (bicyclic) bond motifs is 1. The zero-order valence-corrected chi connectivity index (χ0v) is 16.1. The van der Waals surface area contributed by atoms with Crippen molar-refractivity contribution in [2.75, 3.05) is 12.4 Å². The number of para-hydroxylation sites is 1. The van der Waals surface area contributed by atoms with E-state index in [1.807, 2.05) is 30.3 Å². The third-order valence-electron chi connectivity index (χ3n) is 3.71. The van der Waals surface area contributed by atoms with E-state index in [1.165, 1.54) is 30.0 Å². The second-order valence-electron chi connectivity index (χ2n) is 5.70. The maximum atomic E-state index is 13.4. The predicted octanol–water partition coefficient (Wildman–Crippen LogP) is 3.95. The van der Waals surface area contributed by atoms with Crippen LogP contribution in [0.2, 0.25) is 5.02 Å². The zero-order valence-electron chi connectivity index (χ0n) is 14.6. The summed E-state index contributed by atoms with van der Waals surface area (Å²) in [6.45, 7) is -0.423. The number of rotatable bonds is 6. The van der Waals surface area contributed by atoms with Crippen LogP contribution in [0.4, 0.5) is 4.39 Å². The van der Waals surface area contributed by atoms with Crippen LogP contribution < -0.4 is 15.6 Å². The molecule has 0 aliphatic rings. The minimum Gasteiger partial charge on any atom is -0.481 e. The molecule has 0 bridgehead atoms. The third kappa shape index (κ3) is 5.15. The molecular weight excluding hydrogens is 403 g/mol. The number of carbonyl (C=O) groups excluding carboxylic acids is 2. The summed E-state index contributed by atoms with van der Waals surface area (Å²) in [5, 5.41) is 2.47. The van der Waals surface area contributed by atoms with Crippen molar-refractivity contribution in [1.29, 1.82) is 0 Å². The summed E-state index contributed by atoms with van der Waals surface area (Å²) in [4.78, 5) is 24.6. The average Bonchev–Trinajstić information content (AvgIpc) is 2.70. The highest BCUT2D eigenvalue weighted by Crippen LogP contribution is 2.32. The number of ether oxygens (including phenoxy) is 1. The van der Waals surface area contributed by atoms with E-state index in [0.29, 0.717) is 5.02 Å². The van der Waals surface area contributed by atoms with E-state index in [4.69, 9.17) is 16.3 Å². The van der Waals surface area contributed by atoms with Crippen LogP contribution in [0.1, 0.15) is 0 Å². The minimum absolute atomic E-state index is 0.0348. The Balaban J connectivity index is 1.47. The molecule has 0 aliphatic heterocycles.